The number of aliphatic carboxylic acids is 1. The topological polar surface area (TPSA) is 61.7 Å². The predicted molar refractivity (Wildman–Crippen MR) is 73.4 cm³/mol. The third-order valence-corrected chi connectivity index (χ3v) is 2.61. The van der Waals surface area contributed by atoms with E-state index in [1.165, 1.54) is 0 Å². The molecule has 1 rings (SSSR count). The molecule has 0 aliphatic rings. The molecule has 0 fully saturated rings. The summed E-state index contributed by atoms with van der Waals surface area (Å²) in [5.74, 6) is -0.958. The van der Waals surface area contributed by atoms with Crippen LogP contribution in [-0.2, 0) is 11.2 Å². The molecule has 0 spiro atoms. The molecule has 1 aromatic rings. The van der Waals surface area contributed by atoms with Gasteiger partial charge in [0.25, 0.3) is 0 Å². The van der Waals surface area contributed by atoms with Crippen LogP contribution in [0.5, 0.6) is 0 Å². The fraction of sp³-hybridized carbons (Fsp3) is 0.429. The lowest BCUT2D eigenvalue weighted by molar-refractivity contribution is -0.129. The number of hydrogen-bond acceptors (Lipinski definition) is 3. The van der Waals surface area contributed by atoms with Gasteiger partial charge in [-0.25, -0.2) is 4.79 Å². The Kier molecular flexibility index (Phi) is 6.08. The van der Waals surface area contributed by atoms with Gasteiger partial charge in [-0.1, -0.05) is 31.2 Å². The van der Waals surface area contributed by atoms with Crippen LogP contribution >= 0.6 is 0 Å². The second-order valence-electron chi connectivity index (χ2n) is 4.05. The van der Waals surface area contributed by atoms with Gasteiger partial charge in [0.05, 0.1) is 0 Å². The number of nitrogens with zero attached hydrogens (tertiary/aromatic N) is 1. The van der Waals surface area contributed by atoms with Crippen molar-refractivity contribution in [3.63, 3.8) is 0 Å². The number of rotatable bonds is 7. The number of likely N-dealkylation sites (N-methyl/N-ethyl adjacent to an activating group) is 1. The number of carboxylic acids is 1. The van der Waals surface area contributed by atoms with Crippen molar-refractivity contribution in [3.8, 4) is 0 Å². The number of nitrogens with one attached hydrogen (secondary N) is 1. The van der Waals surface area contributed by atoms with Crippen LogP contribution in [0.3, 0.4) is 0 Å². The fourth-order valence-electron chi connectivity index (χ4n) is 1.72. The maximum atomic E-state index is 11.3. The number of aliphatic imine (C=N–C) groups is 1. The summed E-state index contributed by atoms with van der Waals surface area (Å²) in [6.07, 6.45) is 1.64. The molecular formula is C14H20N2O2. The van der Waals surface area contributed by atoms with Crippen molar-refractivity contribution in [1.82, 2.24) is 5.32 Å². The Balaban J connectivity index is 3.07. The van der Waals surface area contributed by atoms with E-state index in [4.69, 9.17) is 0 Å². The van der Waals surface area contributed by atoms with Crippen molar-refractivity contribution in [2.45, 2.75) is 19.8 Å². The van der Waals surface area contributed by atoms with Crippen LogP contribution in [0.4, 0.5) is 0 Å². The Morgan fingerprint density at radius 3 is 2.72 bits per heavy atom. The summed E-state index contributed by atoms with van der Waals surface area (Å²) in [6.45, 7) is 3.34. The number of carboxylic acid groups (broad SMARTS) is 1. The molecule has 0 radical (unpaired) electrons. The van der Waals surface area contributed by atoms with Gasteiger partial charge in [-0.3, -0.25) is 4.99 Å². The monoisotopic (exact) mass is 248 g/mol. The summed E-state index contributed by atoms with van der Waals surface area (Å²) >= 11 is 0. The van der Waals surface area contributed by atoms with Gasteiger partial charge in [0.15, 0.2) is 5.71 Å². The van der Waals surface area contributed by atoms with Crippen molar-refractivity contribution in [3.05, 3.63) is 35.4 Å². The Morgan fingerprint density at radius 1 is 1.39 bits per heavy atom. The number of carbonyl (C=O) groups is 1. The van der Waals surface area contributed by atoms with Gasteiger partial charge in [0.1, 0.15) is 0 Å². The van der Waals surface area contributed by atoms with Crippen LogP contribution in [0.25, 0.3) is 0 Å². The first-order valence-electron chi connectivity index (χ1n) is 6.21. The van der Waals surface area contributed by atoms with E-state index in [9.17, 15) is 9.90 Å². The third-order valence-electron chi connectivity index (χ3n) is 2.61. The van der Waals surface area contributed by atoms with Crippen molar-refractivity contribution in [2.24, 2.45) is 4.99 Å². The highest BCUT2D eigenvalue weighted by atomic mass is 16.4. The van der Waals surface area contributed by atoms with Crippen LogP contribution in [0.1, 0.15) is 24.5 Å². The molecule has 0 unspecified atom stereocenters. The van der Waals surface area contributed by atoms with E-state index in [1.54, 1.807) is 0 Å². The second kappa shape index (κ2) is 7.61. The lowest BCUT2D eigenvalue weighted by atomic mass is 10.0. The molecule has 0 saturated heterocycles. The summed E-state index contributed by atoms with van der Waals surface area (Å²) < 4.78 is 0. The van der Waals surface area contributed by atoms with Gasteiger partial charge in [0, 0.05) is 12.1 Å². The van der Waals surface area contributed by atoms with E-state index in [2.05, 4.69) is 10.3 Å². The lowest BCUT2D eigenvalue weighted by Gasteiger charge is -2.09. The minimum atomic E-state index is -0.958. The maximum Gasteiger partial charge on any atom is 0.354 e. The zero-order valence-corrected chi connectivity index (χ0v) is 10.9. The van der Waals surface area contributed by atoms with E-state index in [0.717, 1.165) is 30.5 Å². The number of hydrogen-bond donors (Lipinski definition) is 2. The quantitative estimate of drug-likeness (QED) is 0.722. The van der Waals surface area contributed by atoms with E-state index < -0.39 is 5.97 Å². The van der Waals surface area contributed by atoms with Crippen LogP contribution in [0.2, 0.25) is 0 Å². The fourth-order valence-corrected chi connectivity index (χ4v) is 1.72. The summed E-state index contributed by atoms with van der Waals surface area (Å²) in [4.78, 5) is 15.5. The average molecular weight is 248 g/mol. The van der Waals surface area contributed by atoms with Gasteiger partial charge < -0.3 is 10.4 Å². The summed E-state index contributed by atoms with van der Waals surface area (Å²) in [5.41, 5.74) is 1.92. The molecule has 0 bridgehead atoms. The highest BCUT2D eigenvalue weighted by molar-refractivity contribution is 6.42. The van der Waals surface area contributed by atoms with E-state index in [-0.39, 0.29) is 5.71 Å². The molecule has 0 amide bonds. The minimum absolute atomic E-state index is 0.170. The van der Waals surface area contributed by atoms with Crippen LogP contribution in [-0.4, -0.2) is 36.9 Å². The molecule has 0 atom stereocenters. The average Bonchev–Trinajstić information content (AvgIpc) is 2.37. The van der Waals surface area contributed by atoms with Crippen molar-refractivity contribution >= 4 is 11.7 Å². The van der Waals surface area contributed by atoms with E-state index in [0.29, 0.717) is 6.54 Å². The zero-order chi connectivity index (χ0) is 13.4. The van der Waals surface area contributed by atoms with Crippen LogP contribution in [0.15, 0.2) is 29.3 Å². The third kappa shape index (κ3) is 3.96. The molecular weight excluding hydrogens is 228 g/mol. The zero-order valence-electron chi connectivity index (χ0n) is 10.9. The van der Waals surface area contributed by atoms with Gasteiger partial charge in [-0.15, -0.1) is 0 Å². The maximum absolute atomic E-state index is 11.3. The van der Waals surface area contributed by atoms with Gasteiger partial charge >= 0.3 is 5.97 Å². The Morgan fingerprint density at radius 2 is 2.11 bits per heavy atom. The molecule has 98 valence electrons. The van der Waals surface area contributed by atoms with Crippen molar-refractivity contribution < 1.29 is 9.90 Å². The molecule has 4 nitrogen and oxygen atoms in total. The second-order valence-corrected chi connectivity index (χ2v) is 4.05. The first-order valence-corrected chi connectivity index (χ1v) is 6.21. The lowest BCUT2D eigenvalue weighted by Crippen LogP contribution is -2.19. The van der Waals surface area contributed by atoms with Crippen LogP contribution in [0, 0.1) is 0 Å². The largest absolute Gasteiger partial charge is 0.477 e. The summed E-state index contributed by atoms with van der Waals surface area (Å²) in [6, 6.07) is 7.56. The molecule has 0 aromatic heterocycles. The molecule has 0 aliphatic heterocycles. The molecule has 18 heavy (non-hydrogen) atoms. The van der Waals surface area contributed by atoms with Crippen molar-refractivity contribution in [2.75, 3.05) is 20.1 Å². The summed E-state index contributed by atoms with van der Waals surface area (Å²) in [5, 5.41) is 12.3. The summed E-state index contributed by atoms with van der Waals surface area (Å²) in [7, 11) is 1.88. The molecule has 1 aromatic carbocycles. The Labute approximate surface area is 108 Å². The normalized spacial score (nSPS) is 11.6. The smallest absolute Gasteiger partial charge is 0.354 e. The van der Waals surface area contributed by atoms with E-state index >= 15 is 0 Å². The standard InChI is InChI=1S/C14H20N2O2/c1-3-9-16-13(14(17)18)12-7-5-4-6-11(12)8-10-15-2/h4-7,15H,3,8-10H2,1-2H3,(H,17,18). The first kappa shape index (κ1) is 14.4. The minimum Gasteiger partial charge on any atom is -0.477 e. The van der Waals surface area contributed by atoms with Gasteiger partial charge in [-0.05, 0) is 32.0 Å². The van der Waals surface area contributed by atoms with E-state index in [1.807, 2.05) is 38.2 Å². The highest BCUT2D eigenvalue weighted by Crippen LogP contribution is 2.11. The first-order chi connectivity index (χ1) is 8.70. The molecule has 4 heteroatoms. The Hall–Kier alpha value is -1.68. The van der Waals surface area contributed by atoms with Crippen molar-refractivity contribution in [1.29, 1.82) is 0 Å². The predicted octanol–water partition coefficient (Wildman–Crippen LogP) is 1.73. The van der Waals surface area contributed by atoms with Gasteiger partial charge in [0.2, 0.25) is 0 Å². The van der Waals surface area contributed by atoms with Crippen LogP contribution < -0.4 is 5.32 Å². The molecule has 0 heterocycles. The Bertz CT molecular complexity index is 428. The highest BCUT2D eigenvalue weighted by Gasteiger charge is 2.15. The molecule has 2 N–H and O–H groups in total. The molecule has 0 saturated carbocycles. The SMILES string of the molecule is CCCN=C(C(=O)O)c1ccccc1CCNC. The number of benzene rings is 1. The molecule has 0 aliphatic carbocycles. The van der Waals surface area contributed by atoms with Gasteiger partial charge in [-0.2, -0.15) is 0 Å².